The van der Waals surface area contributed by atoms with E-state index in [0.717, 1.165) is 16.8 Å². The molecule has 1 aromatic heterocycles. The molecule has 0 aliphatic carbocycles. The van der Waals surface area contributed by atoms with Crippen molar-refractivity contribution in [2.24, 2.45) is 0 Å². The molecule has 0 saturated carbocycles. The predicted octanol–water partition coefficient (Wildman–Crippen LogP) is 3.39. The number of hydrogen-bond donors (Lipinski definition) is 3. The van der Waals surface area contributed by atoms with E-state index >= 15 is 0 Å². The van der Waals surface area contributed by atoms with Gasteiger partial charge in [0.15, 0.2) is 5.13 Å². The monoisotopic (exact) mass is 472 g/mol. The zero-order valence-corrected chi connectivity index (χ0v) is 19.5. The first-order valence-corrected chi connectivity index (χ1v) is 12.2. The maximum atomic E-state index is 12.5. The van der Waals surface area contributed by atoms with Crippen molar-refractivity contribution in [1.82, 2.24) is 15.0 Å². The first kappa shape index (κ1) is 23.6. The molecule has 3 aromatic rings. The van der Waals surface area contributed by atoms with Crippen LogP contribution in [0.1, 0.15) is 36.7 Å². The number of carbonyl (C=O) groups is 2. The lowest BCUT2D eigenvalue weighted by atomic mass is 10.1. The summed E-state index contributed by atoms with van der Waals surface area (Å²) in [7, 11) is -3.61. The Labute approximate surface area is 191 Å². The van der Waals surface area contributed by atoms with E-state index in [4.69, 9.17) is 0 Å². The zero-order valence-electron chi connectivity index (χ0n) is 17.9. The van der Waals surface area contributed by atoms with Gasteiger partial charge in [-0.1, -0.05) is 24.3 Å². The molecule has 0 bridgehead atoms. The molecule has 0 fully saturated rings. The van der Waals surface area contributed by atoms with Crippen LogP contribution in [0.15, 0.2) is 58.8 Å². The number of anilines is 1. The number of aromatic nitrogens is 1. The van der Waals surface area contributed by atoms with Gasteiger partial charge in [0, 0.05) is 36.0 Å². The second-order valence-electron chi connectivity index (χ2n) is 7.40. The summed E-state index contributed by atoms with van der Waals surface area (Å²) in [5.41, 5.74) is 2.91. The third-order valence-corrected chi connectivity index (χ3v) is 6.77. The Morgan fingerprint density at radius 1 is 1.03 bits per heavy atom. The van der Waals surface area contributed by atoms with Gasteiger partial charge >= 0.3 is 0 Å². The van der Waals surface area contributed by atoms with Gasteiger partial charge in [-0.2, -0.15) is 0 Å². The van der Waals surface area contributed by atoms with Gasteiger partial charge in [0.25, 0.3) is 5.91 Å². The molecule has 0 radical (unpaired) electrons. The highest BCUT2D eigenvalue weighted by Gasteiger charge is 2.16. The molecular weight excluding hydrogens is 448 g/mol. The fourth-order valence-electron chi connectivity index (χ4n) is 2.82. The minimum absolute atomic E-state index is 0.0857. The standard InChI is InChI=1S/C22H24N4O4S2/c1-14(2)26-32(29,30)19-10-8-18(9-11-19)21(28)25-22-24-20(13-31-22)17-6-4-16(5-7-17)12-23-15(3)27/h4-11,13-14,26H,12H2,1-3H3,(H,23,27)(H,24,25,28). The molecule has 0 aliphatic heterocycles. The molecule has 168 valence electrons. The van der Waals surface area contributed by atoms with Gasteiger partial charge in [-0.3, -0.25) is 14.9 Å². The number of carbonyl (C=O) groups excluding carboxylic acids is 2. The first-order chi connectivity index (χ1) is 15.1. The lowest BCUT2D eigenvalue weighted by Crippen LogP contribution is -2.30. The molecule has 2 amide bonds. The molecule has 0 spiro atoms. The van der Waals surface area contributed by atoms with E-state index < -0.39 is 10.0 Å². The maximum absolute atomic E-state index is 12.5. The Hall–Kier alpha value is -3.08. The van der Waals surface area contributed by atoms with Crippen molar-refractivity contribution in [3.63, 3.8) is 0 Å². The molecule has 2 aromatic carbocycles. The highest BCUT2D eigenvalue weighted by Crippen LogP contribution is 2.25. The molecule has 1 heterocycles. The first-order valence-electron chi connectivity index (χ1n) is 9.87. The molecule has 32 heavy (non-hydrogen) atoms. The summed E-state index contributed by atoms with van der Waals surface area (Å²) in [5.74, 6) is -0.463. The molecule has 10 heteroatoms. The second kappa shape index (κ2) is 10.0. The van der Waals surface area contributed by atoms with Crippen LogP contribution in [-0.2, 0) is 21.4 Å². The van der Waals surface area contributed by atoms with Crippen molar-refractivity contribution >= 4 is 38.3 Å². The van der Waals surface area contributed by atoms with E-state index in [2.05, 4.69) is 20.3 Å². The van der Waals surface area contributed by atoms with Gasteiger partial charge in [-0.05, 0) is 43.7 Å². The largest absolute Gasteiger partial charge is 0.352 e. The van der Waals surface area contributed by atoms with Crippen LogP contribution in [0.5, 0.6) is 0 Å². The molecule has 8 nitrogen and oxygen atoms in total. The zero-order chi connectivity index (χ0) is 23.3. The third-order valence-electron chi connectivity index (χ3n) is 4.33. The van der Waals surface area contributed by atoms with Crippen molar-refractivity contribution in [1.29, 1.82) is 0 Å². The molecule has 3 N–H and O–H groups in total. The van der Waals surface area contributed by atoms with E-state index in [1.165, 1.54) is 42.5 Å². The van der Waals surface area contributed by atoms with Crippen LogP contribution in [0.2, 0.25) is 0 Å². The summed E-state index contributed by atoms with van der Waals surface area (Å²) in [6.07, 6.45) is 0. The van der Waals surface area contributed by atoms with Gasteiger partial charge < -0.3 is 5.32 Å². The van der Waals surface area contributed by atoms with Crippen LogP contribution >= 0.6 is 11.3 Å². The number of amides is 2. The summed E-state index contributed by atoms with van der Waals surface area (Å²) in [5, 5.41) is 7.76. The fraction of sp³-hybridized carbons (Fsp3) is 0.227. The van der Waals surface area contributed by atoms with Crippen LogP contribution in [0.3, 0.4) is 0 Å². The van der Waals surface area contributed by atoms with Crippen molar-refractivity contribution in [3.05, 3.63) is 65.0 Å². The minimum Gasteiger partial charge on any atom is -0.352 e. The van der Waals surface area contributed by atoms with Crippen molar-refractivity contribution in [2.45, 2.75) is 38.3 Å². The highest BCUT2D eigenvalue weighted by atomic mass is 32.2. The average Bonchev–Trinajstić information content (AvgIpc) is 3.20. The summed E-state index contributed by atoms with van der Waals surface area (Å²) >= 11 is 1.29. The number of nitrogens with one attached hydrogen (secondary N) is 3. The van der Waals surface area contributed by atoms with Crippen LogP contribution < -0.4 is 15.4 Å². The Morgan fingerprint density at radius 2 is 1.69 bits per heavy atom. The van der Waals surface area contributed by atoms with Crippen LogP contribution in [0, 0.1) is 0 Å². The van der Waals surface area contributed by atoms with Crippen LogP contribution in [-0.4, -0.2) is 31.3 Å². The molecule has 0 unspecified atom stereocenters. The number of nitrogens with zero attached hydrogens (tertiary/aromatic N) is 1. The van der Waals surface area contributed by atoms with Crippen LogP contribution in [0.25, 0.3) is 11.3 Å². The Morgan fingerprint density at radius 3 is 2.28 bits per heavy atom. The second-order valence-corrected chi connectivity index (χ2v) is 9.97. The number of benzene rings is 2. The Bertz CT molecular complexity index is 1200. The summed E-state index contributed by atoms with van der Waals surface area (Å²) in [6.45, 7) is 5.41. The number of hydrogen-bond acceptors (Lipinski definition) is 6. The number of thiazole rings is 1. The molecule has 0 atom stereocenters. The normalized spacial score (nSPS) is 11.4. The highest BCUT2D eigenvalue weighted by molar-refractivity contribution is 7.89. The summed E-state index contributed by atoms with van der Waals surface area (Å²) < 4.78 is 26.9. The quantitative estimate of drug-likeness (QED) is 0.465. The third kappa shape index (κ3) is 6.22. The summed E-state index contributed by atoms with van der Waals surface area (Å²) in [6, 6.07) is 13.1. The summed E-state index contributed by atoms with van der Waals surface area (Å²) in [4.78, 5) is 28.1. The van der Waals surface area contributed by atoms with Gasteiger partial charge in [0.1, 0.15) is 0 Å². The molecule has 0 saturated heterocycles. The Kier molecular flexibility index (Phi) is 7.39. The lowest BCUT2D eigenvalue weighted by molar-refractivity contribution is -0.119. The number of sulfonamides is 1. The van der Waals surface area contributed by atoms with Gasteiger partial charge in [0.05, 0.1) is 10.6 Å². The predicted molar refractivity (Wildman–Crippen MR) is 125 cm³/mol. The molecular formula is C22H24N4O4S2. The van der Waals surface area contributed by atoms with E-state index in [0.29, 0.717) is 17.2 Å². The van der Waals surface area contributed by atoms with Crippen molar-refractivity contribution < 1.29 is 18.0 Å². The maximum Gasteiger partial charge on any atom is 0.257 e. The number of rotatable bonds is 8. The fourth-order valence-corrected chi connectivity index (χ4v) is 4.78. The SMILES string of the molecule is CC(=O)NCc1ccc(-c2csc(NC(=O)c3ccc(S(=O)(=O)NC(C)C)cc3)n2)cc1. The van der Waals surface area contributed by atoms with Crippen molar-refractivity contribution in [2.75, 3.05) is 5.32 Å². The van der Waals surface area contributed by atoms with Gasteiger partial charge in [-0.15, -0.1) is 11.3 Å². The lowest BCUT2D eigenvalue weighted by Gasteiger charge is -2.10. The van der Waals surface area contributed by atoms with Gasteiger partial charge in [0.2, 0.25) is 15.9 Å². The van der Waals surface area contributed by atoms with Crippen molar-refractivity contribution in [3.8, 4) is 11.3 Å². The van der Waals surface area contributed by atoms with E-state index in [1.54, 1.807) is 13.8 Å². The van der Waals surface area contributed by atoms with E-state index in [1.807, 2.05) is 29.6 Å². The molecule has 0 aliphatic rings. The Balaban J connectivity index is 1.65. The van der Waals surface area contributed by atoms with E-state index in [9.17, 15) is 18.0 Å². The molecule has 3 rings (SSSR count). The van der Waals surface area contributed by atoms with E-state index in [-0.39, 0.29) is 22.8 Å². The minimum atomic E-state index is -3.61. The van der Waals surface area contributed by atoms with Gasteiger partial charge in [-0.25, -0.2) is 18.1 Å². The average molecular weight is 473 g/mol. The smallest absolute Gasteiger partial charge is 0.257 e. The topological polar surface area (TPSA) is 117 Å². The van der Waals surface area contributed by atoms with Crippen LogP contribution in [0.4, 0.5) is 5.13 Å².